The van der Waals surface area contributed by atoms with Crippen LogP contribution in [-0.2, 0) is 24.1 Å². The summed E-state index contributed by atoms with van der Waals surface area (Å²) < 4.78 is 0. The first-order valence-corrected chi connectivity index (χ1v) is 5.96. The summed E-state index contributed by atoms with van der Waals surface area (Å²) in [6.07, 6.45) is 4.45. The van der Waals surface area contributed by atoms with Crippen LogP contribution in [0.4, 0.5) is 0 Å². The number of nitrogens with zero attached hydrogens (tertiary/aromatic N) is 2. The summed E-state index contributed by atoms with van der Waals surface area (Å²) in [5.74, 6) is -0.467. The number of nitriles is 1. The number of fused-ring (bicyclic) bond motifs is 1. The summed E-state index contributed by atoms with van der Waals surface area (Å²) in [7, 11) is 1.67. The van der Waals surface area contributed by atoms with Crippen molar-refractivity contribution >= 4 is 5.91 Å². The molecule has 1 amide bonds. The van der Waals surface area contributed by atoms with Crippen LogP contribution in [0.3, 0.4) is 0 Å². The van der Waals surface area contributed by atoms with Crippen LogP contribution in [0.25, 0.3) is 0 Å². The molecule has 1 aliphatic rings. The highest BCUT2D eigenvalue weighted by molar-refractivity contribution is 5.90. The van der Waals surface area contributed by atoms with Crippen molar-refractivity contribution < 1.29 is 4.79 Å². The molecule has 0 aliphatic heterocycles. The number of carbonyl (C=O) groups is 1. The van der Waals surface area contributed by atoms with E-state index in [1.165, 1.54) is 40.9 Å². The van der Waals surface area contributed by atoms with Gasteiger partial charge in [-0.2, -0.15) is 5.26 Å². The number of hydrogen-bond donors (Lipinski definition) is 0. The zero-order valence-corrected chi connectivity index (χ0v) is 10.1. The topological polar surface area (TPSA) is 44.1 Å². The molecule has 0 atom stereocenters. The predicted molar refractivity (Wildman–Crippen MR) is 65.4 cm³/mol. The third-order valence-corrected chi connectivity index (χ3v) is 3.34. The van der Waals surface area contributed by atoms with E-state index in [1.807, 2.05) is 0 Å². The van der Waals surface area contributed by atoms with Crippen molar-refractivity contribution in [1.29, 1.82) is 5.26 Å². The molecular formula is C14H16N2O. The van der Waals surface area contributed by atoms with Gasteiger partial charge in [0, 0.05) is 13.6 Å². The molecule has 0 saturated carbocycles. The normalized spacial score (nSPS) is 12.9. The number of hydrogen-bond acceptors (Lipinski definition) is 2. The molecular weight excluding hydrogens is 212 g/mol. The van der Waals surface area contributed by atoms with Gasteiger partial charge in [-0.1, -0.05) is 18.2 Å². The van der Waals surface area contributed by atoms with E-state index in [2.05, 4.69) is 18.2 Å². The van der Waals surface area contributed by atoms with Crippen molar-refractivity contribution in [3.8, 4) is 6.07 Å². The lowest BCUT2D eigenvalue weighted by Gasteiger charge is -2.13. The molecule has 17 heavy (non-hydrogen) atoms. The highest BCUT2D eigenvalue weighted by Gasteiger charge is 2.11. The lowest BCUT2D eigenvalue weighted by molar-refractivity contribution is -0.124. The molecule has 0 spiro atoms. The largest absolute Gasteiger partial charge is 0.333 e. The number of rotatable bonds is 3. The molecule has 1 aromatic carbocycles. The number of benzene rings is 1. The van der Waals surface area contributed by atoms with Crippen molar-refractivity contribution in [2.24, 2.45) is 0 Å². The lowest BCUT2D eigenvalue weighted by Crippen LogP contribution is -2.27. The van der Waals surface area contributed by atoms with Gasteiger partial charge in [0.15, 0.2) is 6.07 Å². The van der Waals surface area contributed by atoms with Crippen LogP contribution >= 0.6 is 0 Å². The van der Waals surface area contributed by atoms with E-state index in [9.17, 15) is 4.79 Å². The van der Waals surface area contributed by atoms with E-state index in [1.54, 1.807) is 13.1 Å². The molecule has 88 valence electrons. The highest BCUT2D eigenvalue weighted by Crippen LogP contribution is 2.22. The van der Waals surface area contributed by atoms with E-state index >= 15 is 0 Å². The minimum atomic E-state index is -0.467. The van der Waals surface area contributed by atoms with Gasteiger partial charge in [-0.25, -0.2) is 0 Å². The summed E-state index contributed by atoms with van der Waals surface area (Å²) in [5.41, 5.74) is 4.18. The van der Waals surface area contributed by atoms with E-state index < -0.39 is 5.91 Å². The van der Waals surface area contributed by atoms with Gasteiger partial charge in [0.25, 0.3) is 0 Å². The number of carbonyl (C=O) groups excluding carboxylic acids is 1. The third-order valence-electron chi connectivity index (χ3n) is 3.34. The zero-order chi connectivity index (χ0) is 12.3. The maximum absolute atomic E-state index is 11.1. The van der Waals surface area contributed by atoms with Crippen molar-refractivity contribution in [2.75, 3.05) is 13.6 Å². The monoisotopic (exact) mass is 228 g/mol. The van der Waals surface area contributed by atoms with Crippen LogP contribution in [-0.4, -0.2) is 24.4 Å². The minimum Gasteiger partial charge on any atom is -0.333 e. The van der Waals surface area contributed by atoms with E-state index in [4.69, 9.17) is 5.26 Å². The fourth-order valence-corrected chi connectivity index (χ4v) is 2.26. The van der Waals surface area contributed by atoms with Crippen LogP contribution in [0.5, 0.6) is 0 Å². The van der Waals surface area contributed by atoms with Crippen molar-refractivity contribution in [3.05, 3.63) is 34.9 Å². The van der Waals surface area contributed by atoms with Gasteiger partial charge in [0.1, 0.15) is 0 Å². The summed E-state index contributed by atoms with van der Waals surface area (Å²) in [6, 6.07) is 8.20. The van der Waals surface area contributed by atoms with Gasteiger partial charge in [0.2, 0.25) is 0 Å². The van der Waals surface area contributed by atoms with Crippen LogP contribution in [0.15, 0.2) is 18.2 Å². The van der Waals surface area contributed by atoms with Crippen LogP contribution < -0.4 is 0 Å². The van der Waals surface area contributed by atoms with Crippen molar-refractivity contribution in [1.82, 2.24) is 4.90 Å². The molecule has 0 aromatic heterocycles. The second kappa shape index (κ2) is 5.01. The first kappa shape index (κ1) is 11.7. The molecule has 1 aromatic rings. The first-order valence-electron chi connectivity index (χ1n) is 5.96. The second-order valence-electron chi connectivity index (χ2n) is 4.55. The summed E-state index contributed by atoms with van der Waals surface area (Å²) in [6.45, 7) is 0.602. The number of aryl methyl sites for hydroxylation is 2. The fraction of sp³-hybridized carbons (Fsp3) is 0.429. The Kier molecular flexibility index (Phi) is 3.43. The van der Waals surface area contributed by atoms with Crippen molar-refractivity contribution in [2.45, 2.75) is 25.7 Å². The van der Waals surface area contributed by atoms with Gasteiger partial charge in [0.05, 0.1) is 0 Å². The Bertz CT molecular complexity index is 474. The molecule has 3 nitrogen and oxygen atoms in total. The maximum Gasteiger partial charge on any atom is 0.324 e. The number of amides is 1. The lowest BCUT2D eigenvalue weighted by atomic mass is 10.0. The number of likely N-dealkylation sites (N-methyl/N-ethyl adjacent to an activating group) is 1. The molecule has 2 rings (SSSR count). The predicted octanol–water partition coefficient (Wildman–Crippen LogP) is 1.70. The SMILES string of the molecule is CN(CCc1ccc2c(c1)CCC2)C(=O)C#N. The molecule has 1 aliphatic carbocycles. The van der Waals surface area contributed by atoms with Crippen LogP contribution in [0.1, 0.15) is 23.1 Å². The molecule has 0 radical (unpaired) electrons. The van der Waals surface area contributed by atoms with Gasteiger partial charge in [-0.3, -0.25) is 4.79 Å². The molecule has 0 fully saturated rings. The van der Waals surface area contributed by atoms with Crippen LogP contribution in [0.2, 0.25) is 0 Å². The average molecular weight is 228 g/mol. The standard InChI is InChI=1S/C14H16N2O/c1-16(14(17)10-15)8-7-11-5-6-12-3-2-4-13(12)9-11/h5-6,9H,2-4,7-8H2,1H3. The minimum absolute atomic E-state index is 0.467. The smallest absolute Gasteiger partial charge is 0.324 e. The molecule has 0 unspecified atom stereocenters. The highest BCUT2D eigenvalue weighted by atomic mass is 16.2. The average Bonchev–Trinajstić information content (AvgIpc) is 2.82. The fourth-order valence-electron chi connectivity index (χ4n) is 2.26. The Labute approximate surface area is 102 Å². The molecule has 0 heterocycles. The summed E-state index contributed by atoms with van der Waals surface area (Å²) in [4.78, 5) is 12.6. The third kappa shape index (κ3) is 2.65. The first-order chi connectivity index (χ1) is 8.20. The Balaban J connectivity index is 1.96. The zero-order valence-electron chi connectivity index (χ0n) is 10.1. The van der Waals surface area contributed by atoms with Gasteiger partial charge >= 0.3 is 5.91 Å². The van der Waals surface area contributed by atoms with E-state index in [-0.39, 0.29) is 0 Å². The Morgan fingerprint density at radius 3 is 2.94 bits per heavy atom. The Hall–Kier alpha value is -1.82. The summed E-state index contributed by atoms with van der Waals surface area (Å²) >= 11 is 0. The second-order valence-corrected chi connectivity index (χ2v) is 4.55. The van der Waals surface area contributed by atoms with Crippen LogP contribution in [0, 0.1) is 11.3 Å². The Morgan fingerprint density at radius 2 is 2.18 bits per heavy atom. The molecule has 0 bridgehead atoms. The summed E-state index contributed by atoms with van der Waals surface area (Å²) in [5, 5.41) is 8.49. The molecule has 3 heteroatoms. The quantitative estimate of drug-likeness (QED) is 0.739. The van der Waals surface area contributed by atoms with Gasteiger partial charge in [-0.05, 0) is 42.4 Å². The molecule has 0 saturated heterocycles. The van der Waals surface area contributed by atoms with Gasteiger partial charge < -0.3 is 4.90 Å². The van der Waals surface area contributed by atoms with E-state index in [0.29, 0.717) is 6.54 Å². The molecule has 0 N–H and O–H groups in total. The Morgan fingerprint density at radius 1 is 1.41 bits per heavy atom. The van der Waals surface area contributed by atoms with Crippen molar-refractivity contribution in [3.63, 3.8) is 0 Å². The van der Waals surface area contributed by atoms with Gasteiger partial charge in [-0.15, -0.1) is 0 Å². The van der Waals surface area contributed by atoms with E-state index in [0.717, 1.165) is 6.42 Å². The maximum atomic E-state index is 11.1.